The summed E-state index contributed by atoms with van der Waals surface area (Å²) in [6, 6.07) is 19.7. The zero-order valence-corrected chi connectivity index (χ0v) is 17.5. The van der Waals surface area contributed by atoms with Crippen molar-refractivity contribution in [1.82, 2.24) is 19.6 Å². The lowest BCUT2D eigenvalue weighted by Gasteiger charge is -2.28. The summed E-state index contributed by atoms with van der Waals surface area (Å²) in [6.45, 7) is 0. The summed E-state index contributed by atoms with van der Waals surface area (Å²) in [4.78, 5) is 9.25. The second-order valence-corrected chi connectivity index (χ2v) is 7.68. The minimum atomic E-state index is -0.335. The van der Waals surface area contributed by atoms with Gasteiger partial charge in [-0.15, -0.1) is 5.10 Å². The van der Waals surface area contributed by atoms with E-state index in [1.807, 2.05) is 36.4 Å². The van der Waals surface area contributed by atoms with Gasteiger partial charge in [0.25, 0.3) is 0 Å². The average molecular weight is 438 g/mol. The van der Waals surface area contributed by atoms with Crippen molar-refractivity contribution < 1.29 is 19.7 Å². The number of nitrogens with zero attached hydrogens (tertiary/aromatic N) is 4. The molecule has 8 heteroatoms. The second-order valence-electron chi connectivity index (χ2n) is 7.68. The van der Waals surface area contributed by atoms with Crippen LogP contribution in [0.25, 0.3) is 17.0 Å². The molecule has 33 heavy (non-hydrogen) atoms. The lowest BCUT2D eigenvalue weighted by molar-refractivity contribution is 0.401. The zero-order valence-electron chi connectivity index (χ0n) is 17.5. The fourth-order valence-electron chi connectivity index (χ4n) is 4.31. The van der Waals surface area contributed by atoms with Gasteiger partial charge in [0.1, 0.15) is 29.3 Å². The summed E-state index contributed by atoms with van der Waals surface area (Å²) in [6.07, 6.45) is 1.53. The number of para-hydroxylation sites is 2. The third kappa shape index (κ3) is 2.95. The molecule has 162 valence electrons. The van der Waals surface area contributed by atoms with E-state index in [1.54, 1.807) is 42.0 Å². The lowest BCUT2D eigenvalue weighted by atomic mass is 9.83. The summed E-state index contributed by atoms with van der Waals surface area (Å²) >= 11 is 0. The van der Waals surface area contributed by atoms with Crippen molar-refractivity contribution in [2.75, 3.05) is 7.11 Å². The first kappa shape index (κ1) is 19.1. The first-order chi connectivity index (χ1) is 16.1. The average Bonchev–Trinajstić information content (AvgIpc) is 3.27. The second kappa shape index (κ2) is 7.23. The Kier molecular flexibility index (Phi) is 4.19. The third-order valence-electron chi connectivity index (χ3n) is 5.79. The van der Waals surface area contributed by atoms with Crippen LogP contribution in [-0.4, -0.2) is 36.9 Å². The molecule has 0 unspecified atom stereocenters. The Labute approximate surface area is 188 Å². The van der Waals surface area contributed by atoms with Crippen LogP contribution in [0, 0.1) is 0 Å². The number of fused-ring (bicyclic) bond motifs is 4. The van der Waals surface area contributed by atoms with Gasteiger partial charge in [-0.05, 0) is 24.3 Å². The van der Waals surface area contributed by atoms with E-state index < -0.39 is 0 Å². The van der Waals surface area contributed by atoms with Crippen molar-refractivity contribution in [3.8, 4) is 40.3 Å². The molecule has 0 bridgehead atoms. The molecule has 1 atom stereocenters. The van der Waals surface area contributed by atoms with E-state index in [4.69, 9.17) is 14.5 Å². The van der Waals surface area contributed by atoms with Crippen molar-refractivity contribution in [2.45, 2.75) is 5.92 Å². The van der Waals surface area contributed by atoms with Crippen molar-refractivity contribution in [1.29, 1.82) is 0 Å². The molecule has 1 aliphatic heterocycles. The Bertz CT molecular complexity index is 1530. The molecule has 3 aromatic carbocycles. The van der Waals surface area contributed by atoms with Crippen LogP contribution in [0.2, 0.25) is 0 Å². The van der Waals surface area contributed by atoms with Gasteiger partial charge in [0.2, 0.25) is 5.88 Å². The number of hydrogen-bond donors (Lipinski definition) is 2. The summed E-state index contributed by atoms with van der Waals surface area (Å²) in [5, 5.41) is 24.9. The summed E-state index contributed by atoms with van der Waals surface area (Å²) in [5.41, 5.74) is 3.53. The fraction of sp³-hybridized carbons (Fsp3) is 0.0800. The van der Waals surface area contributed by atoms with Crippen molar-refractivity contribution >= 4 is 5.65 Å². The number of rotatable bonds is 3. The van der Waals surface area contributed by atoms with E-state index in [-0.39, 0.29) is 17.4 Å². The topological polar surface area (TPSA) is 102 Å². The normalized spacial score (nSPS) is 14.4. The maximum Gasteiger partial charge on any atom is 0.228 e. The van der Waals surface area contributed by atoms with Gasteiger partial charge >= 0.3 is 0 Å². The van der Waals surface area contributed by atoms with Gasteiger partial charge < -0.3 is 19.7 Å². The number of phenolic OH excluding ortho intramolecular Hbond substituents is 2. The van der Waals surface area contributed by atoms with Gasteiger partial charge in [0.05, 0.1) is 24.2 Å². The van der Waals surface area contributed by atoms with Crippen LogP contribution in [0.15, 0.2) is 73.1 Å². The molecular weight excluding hydrogens is 420 g/mol. The van der Waals surface area contributed by atoms with Crippen LogP contribution < -0.4 is 9.47 Å². The molecule has 6 rings (SSSR count). The van der Waals surface area contributed by atoms with Gasteiger partial charge in [-0.3, -0.25) is 0 Å². The van der Waals surface area contributed by atoms with Gasteiger partial charge in [-0.2, -0.15) is 0 Å². The Morgan fingerprint density at radius 3 is 2.64 bits per heavy atom. The van der Waals surface area contributed by atoms with E-state index in [9.17, 15) is 10.2 Å². The van der Waals surface area contributed by atoms with Crippen LogP contribution in [0.3, 0.4) is 0 Å². The highest BCUT2D eigenvalue weighted by atomic mass is 16.5. The fourth-order valence-corrected chi connectivity index (χ4v) is 4.31. The molecule has 1 aliphatic rings. The van der Waals surface area contributed by atoms with Crippen LogP contribution in [0.5, 0.6) is 28.9 Å². The van der Waals surface area contributed by atoms with Crippen LogP contribution in [0.4, 0.5) is 0 Å². The molecule has 2 N–H and O–H groups in total. The molecule has 0 radical (unpaired) electrons. The largest absolute Gasteiger partial charge is 0.508 e. The molecule has 0 aliphatic carbocycles. The van der Waals surface area contributed by atoms with Gasteiger partial charge in [0.15, 0.2) is 11.5 Å². The van der Waals surface area contributed by atoms with Crippen molar-refractivity contribution in [2.24, 2.45) is 0 Å². The predicted octanol–water partition coefficient (Wildman–Crippen LogP) is 4.50. The van der Waals surface area contributed by atoms with Crippen LogP contribution in [0.1, 0.15) is 22.6 Å². The quantitative estimate of drug-likeness (QED) is 0.419. The molecule has 0 saturated carbocycles. The number of aromatic nitrogens is 4. The van der Waals surface area contributed by atoms with Gasteiger partial charge in [-0.1, -0.05) is 36.4 Å². The van der Waals surface area contributed by atoms with E-state index >= 15 is 0 Å². The Morgan fingerprint density at radius 1 is 0.970 bits per heavy atom. The smallest absolute Gasteiger partial charge is 0.228 e. The maximum absolute atomic E-state index is 10.3. The third-order valence-corrected chi connectivity index (χ3v) is 5.79. The highest BCUT2D eigenvalue weighted by Crippen LogP contribution is 2.50. The molecule has 5 aromatic rings. The molecule has 8 nitrogen and oxygen atoms in total. The highest BCUT2D eigenvalue weighted by molar-refractivity contribution is 5.71. The molecule has 2 aromatic heterocycles. The summed E-state index contributed by atoms with van der Waals surface area (Å²) < 4.78 is 13.3. The van der Waals surface area contributed by atoms with Crippen LogP contribution in [-0.2, 0) is 0 Å². The van der Waals surface area contributed by atoms with E-state index in [0.29, 0.717) is 34.4 Å². The SMILES string of the molecule is COc1ccccc1[C@H]1c2ccc(O)cc2Oc2ncn3nc(-c4ccccc4O)nc3c21. The number of hydrogen-bond acceptors (Lipinski definition) is 7. The number of phenols is 2. The van der Waals surface area contributed by atoms with E-state index in [0.717, 1.165) is 16.7 Å². The standard InChI is InChI=1S/C25H18N4O4/c1-32-19-9-5-3-7-16(19)21-17-11-10-14(30)12-20(17)33-25-22(21)24-27-23(28-29(24)13-26-25)15-6-2-4-8-18(15)31/h2-13,21,30-31H,1H3/t21-/m0/s1. The van der Waals surface area contributed by atoms with Gasteiger partial charge in [0, 0.05) is 17.2 Å². The molecular formula is C25H18N4O4. The number of benzene rings is 3. The lowest BCUT2D eigenvalue weighted by Crippen LogP contribution is -2.15. The number of methoxy groups -OCH3 is 1. The van der Waals surface area contributed by atoms with E-state index in [2.05, 4.69) is 10.1 Å². The first-order valence-electron chi connectivity index (χ1n) is 10.3. The Hall–Kier alpha value is -4.59. The predicted molar refractivity (Wildman–Crippen MR) is 120 cm³/mol. The molecule has 0 fully saturated rings. The molecule has 0 amide bonds. The summed E-state index contributed by atoms with van der Waals surface area (Å²) in [5.74, 6) is 1.81. The zero-order chi connectivity index (χ0) is 22.5. The Morgan fingerprint density at radius 2 is 1.79 bits per heavy atom. The van der Waals surface area contributed by atoms with Crippen molar-refractivity contribution in [3.05, 3.63) is 89.7 Å². The summed E-state index contributed by atoms with van der Waals surface area (Å²) in [7, 11) is 1.63. The van der Waals surface area contributed by atoms with E-state index in [1.165, 1.54) is 6.33 Å². The minimum absolute atomic E-state index is 0.0913. The minimum Gasteiger partial charge on any atom is -0.508 e. The first-order valence-corrected chi connectivity index (χ1v) is 10.3. The number of ether oxygens (including phenoxy) is 2. The number of aromatic hydroxyl groups is 2. The molecule has 0 saturated heterocycles. The maximum atomic E-state index is 10.3. The van der Waals surface area contributed by atoms with Crippen molar-refractivity contribution in [3.63, 3.8) is 0 Å². The molecule has 3 heterocycles. The highest BCUT2D eigenvalue weighted by Gasteiger charge is 2.35. The molecule has 0 spiro atoms. The monoisotopic (exact) mass is 438 g/mol. The van der Waals surface area contributed by atoms with Gasteiger partial charge in [-0.25, -0.2) is 14.5 Å². The van der Waals surface area contributed by atoms with Crippen LogP contribution >= 0.6 is 0 Å². The Balaban J connectivity index is 1.65.